The Bertz CT molecular complexity index is 1660. The summed E-state index contributed by atoms with van der Waals surface area (Å²) in [4.78, 5) is 35.9. The van der Waals surface area contributed by atoms with Crippen LogP contribution in [0.15, 0.2) is 37.1 Å². The van der Waals surface area contributed by atoms with Gasteiger partial charge < -0.3 is 15.2 Å². The SMILES string of the molecule is CCNCc1cc(C(=O)N2CCN([C@H]3C[C@](CC#N)(n4cc(-c5ncnc6[nH]ccc56)cn4)C3)CC2)nc(C(F)(F)F)n1. The van der Waals surface area contributed by atoms with Gasteiger partial charge in [0.15, 0.2) is 0 Å². The monoisotopic (exact) mass is 593 g/mol. The van der Waals surface area contributed by atoms with Gasteiger partial charge in [0.25, 0.3) is 5.91 Å². The van der Waals surface area contributed by atoms with Crippen LogP contribution in [0.2, 0.25) is 0 Å². The molecule has 0 bridgehead atoms. The first kappa shape index (κ1) is 28.7. The number of nitriles is 1. The molecule has 0 spiro atoms. The van der Waals surface area contributed by atoms with Crippen LogP contribution in [-0.2, 0) is 18.3 Å². The summed E-state index contributed by atoms with van der Waals surface area (Å²) in [6, 6.07) is 5.76. The number of nitrogens with zero attached hydrogens (tertiary/aromatic N) is 9. The third kappa shape index (κ3) is 5.55. The van der Waals surface area contributed by atoms with Crippen LogP contribution in [0.1, 0.15) is 48.2 Å². The second-order valence-electron chi connectivity index (χ2n) is 10.9. The summed E-state index contributed by atoms with van der Waals surface area (Å²) < 4.78 is 42.2. The van der Waals surface area contributed by atoms with E-state index in [1.54, 1.807) is 11.1 Å². The van der Waals surface area contributed by atoms with E-state index in [0.717, 1.165) is 22.3 Å². The molecule has 15 heteroatoms. The van der Waals surface area contributed by atoms with Gasteiger partial charge in [0, 0.05) is 62.1 Å². The first-order chi connectivity index (χ1) is 20.7. The lowest BCUT2D eigenvalue weighted by Crippen LogP contribution is -2.60. The number of rotatable bonds is 8. The van der Waals surface area contributed by atoms with Crippen LogP contribution in [0.25, 0.3) is 22.3 Å². The van der Waals surface area contributed by atoms with Gasteiger partial charge >= 0.3 is 6.18 Å². The van der Waals surface area contributed by atoms with Crippen molar-refractivity contribution in [2.75, 3.05) is 32.7 Å². The highest BCUT2D eigenvalue weighted by molar-refractivity contribution is 5.92. The summed E-state index contributed by atoms with van der Waals surface area (Å²) in [6.45, 7) is 4.34. The van der Waals surface area contributed by atoms with Crippen molar-refractivity contribution in [3.8, 4) is 17.3 Å². The molecule has 4 aromatic heterocycles. The molecule has 1 aliphatic carbocycles. The normalized spacial score (nSPS) is 21.1. The molecule has 1 amide bonds. The number of H-pyrrole nitrogens is 1. The fraction of sp³-hybridized carbons (Fsp3) is 0.464. The average Bonchev–Trinajstić information content (AvgIpc) is 3.67. The largest absolute Gasteiger partial charge is 0.451 e. The van der Waals surface area contributed by atoms with Crippen LogP contribution in [0.4, 0.5) is 13.2 Å². The molecule has 12 nitrogen and oxygen atoms in total. The Morgan fingerprint density at radius 2 is 2.00 bits per heavy atom. The Labute approximate surface area is 245 Å². The second-order valence-corrected chi connectivity index (χ2v) is 10.9. The summed E-state index contributed by atoms with van der Waals surface area (Å²) in [5.74, 6) is -1.85. The van der Waals surface area contributed by atoms with Gasteiger partial charge in [0.05, 0.1) is 35.6 Å². The molecule has 0 radical (unpaired) electrons. The number of aromatic nitrogens is 7. The molecule has 2 N–H and O–H groups in total. The lowest BCUT2D eigenvalue weighted by molar-refractivity contribution is -0.145. The Morgan fingerprint density at radius 1 is 1.21 bits per heavy atom. The van der Waals surface area contributed by atoms with Crippen molar-refractivity contribution in [2.45, 2.75) is 50.5 Å². The molecule has 4 aromatic rings. The van der Waals surface area contributed by atoms with E-state index in [2.05, 4.69) is 46.3 Å². The van der Waals surface area contributed by atoms with Gasteiger partial charge in [-0.15, -0.1) is 0 Å². The first-order valence-electron chi connectivity index (χ1n) is 14.1. The molecule has 6 rings (SSSR count). The zero-order valence-corrected chi connectivity index (χ0v) is 23.5. The van der Waals surface area contributed by atoms with E-state index in [1.807, 2.05) is 30.1 Å². The lowest BCUT2D eigenvalue weighted by atomic mass is 9.70. The number of halogens is 3. The van der Waals surface area contributed by atoms with Crippen molar-refractivity contribution >= 4 is 16.9 Å². The standard InChI is InChI=1S/C28H30F3N11O/c1-2-33-15-19-11-22(39-26(38-19)28(29,30)31)25(43)41-9-7-40(8-10-41)20-12-27(13-20,4-5-32)42-16-18(14-37-42)23-21-3-6-34-24(21)36-17-35-23/h3,6,11,14,16-17,20,33H,2,4,7-10,12-13,15H2,1H3,(H,34,35,36)/t20-,27-. The zero-order valence-electron chi connectivity index (χ0n) is 23.5. The summed E-state index contributed by atoms with van der Waals surface area (Å²) in [5.41, 5.74) is 1.75. The van der Waals surface area contributed by atoms with Crippen molar-refractivity contribution in [3.63, 3.8) is 0 Å². The van der Waals surface area contributed by atoms with Gasteiger partial charge in [-0.25, -0.2) is 19.9 Å². The summed E-state index contributed by atoms with van der Waals surface area (Å²) in [6.07, 6.45) is 3.98. The van der Waals surface area contributed by atoms with Crippen LogP contribution < -0.4 is 5.32 Å². The lowest BCUT2D eigenvalue weighted by Gasteiger charge is -2.52. The number of nitrogens with one attached hydrogen (secondary N) is 2. The summed E-state index contributed by atoms with van der Waals surface area (Å²) in [7, 11) is 0. The Balaban J connectivity index is 1.11. The van der Waals surface area contributed by atoms with Crippen molar-refractivity contribution in [3.05, 3.63) is 54.3 Å². The Kier molecular flexibility index (Phi) is 7.57. The van der Waals surface area contributed by atoms with Crippen LogP contribution in [0.5, 0.6) is 0 Å². The van der Waals surface area contributed by atoms with Gasteiger partial charge in [0.1, 0.15) is 17.7 Å². The molecule has 2 aliphatic rings. The molecule has 5 heterocycles. The van der Waals surface area contributed by atoms with Crippen LogP contribution in [0.3, 0.4) is 0 Å². The molecular weight excluding hydrogens is 563 g/mol. The summed E-state index contributed by atoms with van der Waals surface area (Å²) in [5, 5.41) is 18.1. The van der Waals surface area contributed by atoms with E-state index in [1.165, 1.54) is 12.4 Å². The quantitative estimate of drug-likeness (QED) is 0.315. The second kappa shape index (κ2) is 11.3. The number of carbonyl (C=O) groups excluding carboxylic acids is 1. The smallest absolute Gasteiger partial charge is 0.346 e. The third-order valence-electron chi connectivity index (χ3n) is 8.26. The van der Waals surface area contributed by atoms with E-state index in [4.69, 9.17) is 0 Å². The maximum absolute atomic E-state index is 13.4. The van der Waals surface area contributed by atoms with Crippen molar-refractivity contribution in [1.82, 2.24) is 49.8 Å². The van der Waals surface area contributed by atoms with Crippen LogP contribution >= 0.6 is 0 Å². The van der Waals surface area contributed by atoms with Crippen molar-refractivity contribution < 1.29 is 18.0 Å². The van der Waals surface area contributed by atoms with E-state index < -0.39 is 23.4 Å². The molecular formula is C28H30F3N11O. The predicted molar refractivity (Wildman–Crippen MR) is 148 cm³/mol. The van der Waals surface area contributed by atoms with Gasteiger partial charge in [-0.1, -0.05) is 6.92 Å². The zero-order chi connectivity index (χ0) is 30.2. The molecule has 1 saturated carbocycles. The maximum Gasteiger partial charge on any atom is 0.451 e. The fourth-order valence-corrected chi connectivity index (χ4v) is 5.97. The number of aromatic amines is 1. The van der Waals surface area contributed by atoms with Crippen LogP contribution in [-0.4, -0.2) is 89.2 Å². The van der Waals surface area contributed by atoms with Crippen molar-refractivity contribution in [2.24, 2.45) is 0 Å². The van der Waals surface area contributed by atoms with Gasteiger partial charge in [-0.2, -0.15) is 23.5 Å². The molecule has 0 unspecified atom stereocenters. The highest BCUT2D eigenvalue weighted by atomic mass is 19.4. The minimum atomic E-state index is -4.76. The predicted octanol–water partition coefficient (Wildman–Crippen LogP) is 2.97. The number of piperazine rings is 1. The maximum atomic E-state index is 13.4. The minimum absolute atomic E-state index is 0.107. The number of fused-ring (bicyclic) bond motifs is 1. The number of hydrogen-bond acceptors (Lipinski definition) is 9. The number of alkyl halides is 3. The first-order valence-corrected chi connectivity index (χ1v) is 14.1. The molecule has 1 aliphatic heterocycles. The highest BCUT2D eigenvalue weighted by Crippen LogP contribution is 2.45. The number of hydrogen-bond donors (Lipinski definition) is 2. The minimum Gasteiger partial charge on any atom is -0.346 e. The van der Waals surface area contributed by atoms with E-state index in [0.29, 0.717) is 52.0 Å². The Hall–Kier alpha value is -4.42. The van der Waals surface area contributed by atoms with Crippen LogP contribution in [0, 0.1) is 11.3 Å². The van der Waals surface area contributed by atoms with E-state index in [9.17, 15) is 23.2 Å². The van der Waals surface area contributed by atoms with Gasteiger partial charge in [0.2, 0.25) is 5.82 Å². The molecule has 2 fully saturated rings. The number of amides is 1. The molecule has 0 aromatic carbocycles. The average molecular weight is 594 g/mol. The number of carbonyl (C=O) groups is 1. The molecule has 43 heavy (non-hydrogen) atoms. The fourth-order valence-electron chi connectivity index (χ4n) is 5.97. The molecule has 1 saturated heterocycles. The molecule has 224 valence electrons. The highest BCUT2D eigenvalue weighted by Gasteiger charge is 2.49. The molecule has 0 atom stereocenters. The summed E-state index contributed by atoms with van der Waals surface area (Å²) >= 11 is 0. The van der Waals surface area contributed by atoms with Gasteiger partial charge in [-0.05, 0) is 31.5 Å². The van der Waals surface area contributed by atoms with Crippen molar-refractivity contribution in [1.29, 1.82) is 5.26 Å². The van der Waals surface area contributed by atoms with E-state index >= 15 is 0 Å². The topological polar surface area (TPSA) is 145 Å². The Morgan fingerprint density at radius 3 is 2.72 bits per heavy atom. The van der Waals surface area contributed by atoms with Gasteiger partial charge in [-0.3, -0.25) is 14.4 Å². The van der Waals surface area contributed by atoms with E-state index in [-0.39, 0.29) is 24.0 Å². The third-order valence-corrected chi connectivity index (χ3v) is 8.26.